The summed E-state index contributed by atoms with van der Waals surface area (Å²) >= 11 is 6.45. The summed E-state index contributed by atoms with van der Waals surface area (Å²) in [5, 5.41) is 0. The molecule has 0 aromatic carbocycles. The van der Waals surface area contributed by atoms with E-state index < -0.39 is 0 Å². The Hall–Kier alpha value is -0.0200. The molecule has 1 rings (SSSR count). The summed E-state index contributed by atoms with van der Waals surface area (Å²) in [4.78, 5) is 0. The molecule has 1 atom stereocenters. The van der Waals surface area contributed by atoms with E-state index in [0.717, 1.165) is 6.61 Å². The minimum atomic E-state index is 0.222. The Balaban J connectivity index is 2.31. The first-order valence-corrected chi connectivity index (χ1v) is 5.68. The van der Waals surface area contributed by atoms with Gasteiger partial charge in [-0.25, -0.2) is 0 Å². The zero-order chi connectivity index (χ0) is 9.03. The van der Waals surface area contributed by atoms with Gasteiger partial charge in [-0.1, -0.05) is 30.8 Å². The van der Waals surface area contributed by atoms with Crippen LogP contribution in [-0.2, 0) is 4.74 Å². The van der Waals surface area contributed by atoms with Gasteiger partial charge in [0.25, 0.3) is 0 Å². The highest BCUT2D eigenvalue weighted by Gasteiger charge is 2.24. The molecule has 0 amide bonds. The molecule has 0 saturated heterocycles. The second-order valence-corrected chi connectivity index (χ2v) is 4.75. The van der Waals surface area contributed by atoms with Crippen LogP contribution in [0.4, 0.5) is 0 Å². The Kier molecular flexibility index (Phi) is 3.59. The third-order valence-electron chi connectivity index (χ3n) is 2.09. The number of hydrogen-bond acceptors (Lipinski definition) is 3. The molecule has 0 bridgehead atoms. The number of hydrogen-bond donors (Lipinski definition) is 0. The van der Waals surface area contributed by atoms with E-state index >= 15 is 0 Å². The van der Waals surface area contributed by atoms with Gasteiger partial charge in [0.05, 0.1) is 6.61 Å². The lowest BCUT2D eigenvalue weighted by Crippen LogP contribution is -2.19. The predicted molar refractivity (Wildman–Crippen MR) is 58.5 cm³/mol. The minimum absolute atomic E-state index is 0.222. The fourth-order valence-electron chi connectivity index (χ4n) is 1.27. The van der Waals surface area contributed by atoms with Gasteiger partial charge >= 0.3 is 0 Å². The highest BCUT2D eigenvalue weighted by atomic mass is 32.2. The van der Waals surface area contributed by atoms with Crippen LogP contribution >= 0.6 is 24.0 Å². The quantitative estimate of drug-likeness (QED) is 0.503. The molecule has 12 heavy (non-hydrogen) atoms. The second kappa shape index (κ2) is 4.28. The van der Waals surface area contributed by atoms with Crippen LogP contribution in [-0.4, -0.2) is 17.2 Å². The van der Waals surface area contributed by atoms with E-state index in [1.165, 1.54) is 24.6 Å². The predicted octanol–water partition coefficient (Wildman–Crippen LogP) is 3.01. The first-order chi connectivity index (χ1) is 5.66. The summed E-state index contributed by atoms with van der Waals surface area (Å²) in [7, 11) is 0. The van der Waals surface area contributed by atoms with Crippen molar-refractivity contribution in [1.82, 2.24) is 0 Å². The van der Waals surface area contributed by atoms with Crippen molar-refractivity contribution >= 4 is 28.4 Å². The highest BCUT2D eigenvalue weighted by Crippen LogP contribution is 2.31. The Bertz CT molecular complexity index is 201. The standard InChI is InChI=1S/C9H14OS2/c1-9(5-3-4-6-9)7-10-8(11)12-2/h3,5H,4,6-7H2,1-2H3. The molecule has 0 radical (unpaired) electrons. The molecule has 68 valence electrons. The molecule has 1 aliphatic rings. The van der Waals surface area contributed by atoms with E-state index in [9.17, 15) is 0 Å². The third kappa shape index (κ3) is 2.79. The van der Waals surface area contributed by atoms with Crippen LogP contribution < -0.4 is 0 Å². The lowest BCUT2D eigenvalue weighted by Gasteiger charge is -2.21. The van der Waals surface area contributed by atoms with Crippen LogP contribution in [0, 0.1) is 5.41 Å². The number of ether oxygens (including phenoxy) is 1. The number of rotatable bonds is 2. The Morgan fingerprint density at radius 1 is 1.75 bits per heavy atom. The third-order valence-corrected chi connectivity index (χ3v) is 3.16. The molecule has 0 N–H and O–H groups in total. The topological polar surface area (TPSA) is 9.23 Å². The fraction of sp³-hybridized carbons (Fsp3) is 0.667. The molecule has 0 fully saturated rings. The molecule has 0 spiro atoms. The maximum Gasteiger partial charge on any atom is 0.219 e. The maximum atomic E-state index is 5.42. The molecule has 1 aliphatic carbocycles. The molecular formula is C9H14OS2. The molecule has 0 aromatic rings. The van der Waals surface area contributed by atoms with E-state index in [-0.39, 0.29) is 5.41 Å². The van der Waals surface area contributed by atoms with Crippen LogP contribution in [0.5, 0.6) is 0 Å². The molecular weight excluding hydrogens is 188 g/mol. The van der Waals surface area contributed by atoms with E-state index in [1.807, 2.05) is 6.26 Å². The van der Waals surface area contributed by atoms with E-state index in [1.54, 1.807) is 0 Å². The summed E-state index contributed by atoms with van der Waals surface area (Å²) in [5.41, 5.74) is 0.222. The van der Waals surface area contributed by atoms with Gasteiger partial charge in [0, 0.05) is 5.41 Å². The van der Waals surface area contributed by atoms with E-state index in [2.05, 4.69) is 19.1 Å². The lowest BCUT2D eigenvalue weighted by atomic mass is 9.92. The van der Waals surface area contributed by atoms with Gasteiger partial charge in [0.2, 0.25) is 4.38 Å². The zero-order valence-electron chi connectivity index (χ0n) is 7.50. The van der Waals surface area contributed by atoms with Crippen molar-refractivity contribution in [3.63, 3.8) is 0 Å². The van der Waals surface area contributed by atoms with Gasteiger partial charge in [-0.2, -0.15) is 0 Å². The average Bonchev–Trinajstić information content (AvgIpc) is 2.49. The first-order valence-electron chi connectivity index (χ1n) is 4.05. The van der Waals surface area contributed by atoms with Gasteiger partial charge in [-0.05, 0) is 31.3 Å². The normalized spacial score (nSPS) is 27.5. The Labute approximate surface area is 83.6 Å². The molecule has 0 heterocycles. The van der Waals surface area contributed by atoms with Crippen LogP contribution in [0.2, 0.25) is 0 Å². The zero-order valence-corrected chi connectivity index (χ0v) is 9.13. The fourth-order valence-corrected chi connectivity index (χ4v) is 1.50. The van der Waals surface area contributed by atoms with E-state index in [4.69, 9.17) is 17.0 Å². The molecule has 1 nitrogen and oxygen atoms in total. The van der Waals surface area contributed by atoms with Crippen molar-refractivity contribution in [3.05, 3.63) is 12.2 Å². The largest absolute Gasteiger partial charge is 0.478 e. The maximum absolute atomic E-state index is 5.42. The summed E-state index contributed by atoms with van der Waals surface area (Å²) in [6.45, 7) is 2.93. The lowest BCUT2D eigenvalue weighted by molar-refractivity contribution is 0.204. The highest BCUT2D eigenvalue weighted by molar-refractivity contribution is 8.22. The van der Waals surface area contributed by atoms with Crippen molar-refractivity contribution in [2.75, 3.05) is 12.9 Å². The van der Waals surface area contributed by atoms with Crippen molar-refractivity contribution in [2.45, 2.75) is 19.8 Å². The van der Waals surface area contributed by atoms with E-state index in [0.29, 0.717) is 4.38 Å². The van der Waals surface area contributed by atoms with Crippen LogP contribution in [0.15, 0.2) is 12.2 Å². The summed E-state index contributed by atoms with van der Waals surface area (Å²) in [5.74, 6) is 0. The SMILES string of the molecule is CSC(=S)OCC1(C)C=CCC1. The van der Waals surface area contributed by atoms with Crippen molar-refractivity contribution < 1.29 is 4.74 Å². The van der Waals surface area contributed by atoms with Crippen molar-refractivity contribution in [2.24, 2.45) is 5.41 Å². The number of thiocarbonyl (C=S) groups is 1. The second-order valence-electron chi connectivity index (χ2n) is 3.34. The summed E-state index contributed by atoms with van der Waals surface area (Å²) in [6.07, 6.45) is 8.74. The summed E-state index contributed by atoms with van der Waals surface area (Å²) in [6, 6.07) is 0. The van der Waals surface area contributed by atoms with Gasteiger partial charge in [0.1, 0.15) is 0 Å². The Morgan fingerprint density at radius 2 is 2.50 bits per heavy atom. The van der Waals surface area contributed by atoms with Gasteiger partial charge in [-0.3, -0.25) is 0 Å². The Morgan fingerprint density at radius 3 is 3.00 bits per heavy atom. The molecule has 0 aliphatic heterocycles. The molecule has 0 saturated carbocycles. The van der Waals surface area contributed by atoms with Crippen LogP contribution in [0.1, 0.15) is 19.8 Å². The molecule has 3 heteroatoms. The smallest absolute Gasteiger partial charge is 0.219 e. The van der Waals surface area contributed by atoms with Gasteiger partial charge < -0.3 is 4.74 Å². The minimum Gasteiger partial charge on any atom is -0.478 e. The first kappa shape index (κ1) is 10.1. The molecule has 0 aromatic heterocycles. The number of allylic oxidation sites excluding steroid dienone is 1. The van der Waals surface area contributed by atoms with Crippen molar-refractivity contribution in [1.29, 1.82) is 0 Å². The van der Waals surface area contributed by atoms with Crippen LogP contribution in [0.3, 0.4) is 0 Å². The van der Waals surface area contributed by atoms with Crippen LogP contribution in [0.25, 0.3) is 0 Å². The van der Waals surface area contributed by atoms with Crippen molar-refractivity contribution in [3.8, 4) is 0 Å². The van der Waals surface area contributed by atoms with Gasteiger partial charge in [-0.15, -0.1) is 0 Å². The average molecular weight is 202 g/mol. The molecule has 1 unspecified atom stereocenters. The number of thioether (sulfide) groups is 1. The monoisotopic (exact) mass is 202 g/mol. The summed E-state index contributed by atoms with van der Waals surface area (Å²) < 4.78 is 6.07. The van der Waals surface area contributed by atoms with Gasteiger partial charge in [0.15, 0.2) is 0 Å².